The zero-order valence-electron chi connectivity index (χ0n) is 13.6. The molecule has 0 heterocycles. The van der Waals surface area contributed by atoms with Gasteiger partial charge in [-0.25, -0.2) is 22.3 Å². The highest BCUT2D eigenvalue weighted by molar-refractivity contribution is 7.89. The molecule has 0 bridgehead atoms. The zero-order valence-corrected chi connectivity index (χ0v) is 14.4. The Hall–Kier alpha value is -2.50. The zero-order chi connectivity index (χ0) is 20.7. The number of carboxylic acids is 1. The van der Waals surface area contributed by atoms with Crippen molar-refractivity contribution < 1.29 is 41.0 Å². The minimum Gasteiger partial charge on any atom is -0.475 e. The third-order valence-electron chi connectivity index (χ3n) is 2.96. The van der Waals surface area contributed by atoms with Crippen LogP contribution in [0.5, 0.6) is 0 Å². The Kier molecular flexibility index (Phi) is 7.88. The van der Waals surface area contributed by atoms with E-state index in [0.29, 0.717) is 11.1 Å². The summed E-state index contributed by atoms with van der Waals surface area (Å²) < 4.78 is 71.6. The Morgan fingerprint density at radius 1 is 1.07 bits per heavy atom. The molecule has 27 heavy (non-hydrogen) atoms. The van der Waals surface area contributed by atoms with Gasteiger partial charge < -0.3 is 10.2 Å². The summed E-state index contributed by atoms with van der Waals surface area (Å²) >= 11 is 0. The molecule has 0 unspecified atom stereocenters. The molecule has 3 N–H and O–H groups in total. The quantitative estimate of drug-likeness (QED) is 0.658. The number of benzene rings is 2. The van der Waals surface area contributed by atoms with Crippen molar-refractivity contribution in [1.29, 1.82) is 0 Å². The van der Waals surface area contributed by atoms with Crippen LogP contribution < -0.4 is 4.72 Å². The molecule has 2 aromatic carbocycles. The van der Waals surface area contributed by atoms with E-state index >= 15 is 0 Å². The molecule has 0 fully saturated rings. The number of aliphatic carboxylic acids is 1. The summed E-state index contributed by atoms with van der Waals surface area (Å²) in [6, 6.07) is 12.1. The summed E-state index contributed by atoms with van der Waals surface area (Å²) in [6.45, 7) is -0.360. The number of aliphatic hydroxyl groups is 1. The average molecular weight is 409 g/mol. The lowest BCUT2D eigenvalue weighted by Gasteiger charge is -2.11. The predicted molar refractivity (Wildman–Crippen MR) is 87.8 cm³/mol. The molecular formula is C16H15F4NO5S. The summed E-state index contributed by atoms with van der Waals surface area (Å²) in [5.41, 5.74) is 0.896. The van der Waals surface area contributed by atoms with Gasteiger partial charge in [0.1, 0.15) is 5.82 Å². The van der Waals surface area contributed by atoms with Crippen molar-refractivity contribution in [2.24, 2.45) is 0 Å². The second-order valence-electron chi connectivity index (χ2n) is 4.93. The van der Waals surface area contributed by atoms with Gasteiger partial charge in [0.05, 0.1) is 11.5 Å². The van der Waals surface area contributed by atoms with Crippen molar-refractivity contribution in [1.82, 2.24) is 4.72 Å². The van der Waals surface area contributed by atoms with Gasteiger partial charge in [-0.1, -0.05) is 30.3 Å². The third-order valence-corrected chi connectivity index (χ3v) is 4.48. The van der Waals surface area contributed by atoms with Crippen LogP contribution in [0.25, 0.3) is 11.1 Å². The number of aliphatic hydroxyl groups excluding tert-OH is 1. The van der Waals surface area contributed by atoms with Gasteiger partial charge in [-0.3, -0.25) is 0 Å². The van der Waals surface area contributed by atoms with E-state index in [1.54, 1.807) is 24.3 Å². The lowest BCUT2D eigenvalue weighted by molar-refractivity contribution is -0.192. The lowest BCUT2D eigenvalue weighted by atomic mass is 10.1. The largest absolute Gasteiger partial charge is 0.490 e. The van der Waals surface area contributed by atoms with Gasteiger partial charge in [0.2, 0.25) is 10.0 Å². The Morgan fingerprint density at radius 3 is 2.19 bits per heavy atom. The summed E-state index contributed by atoms with van der Waals surface area (Å²) in [4.78, 5) is 8.95. The van der Waals surface area contributed by atoms with Crippen LogP contribution in [-0.2, 0) is 14.8 Å². The first-order chi connectivity index (χ1) is 12.5. The summed E-state index contributed by atoms with van der Waals surface area (Å²) in [6.07, 6.45) is -5.08. The monoisotopic (exact) mass is 409 g/mol. The predicted octanol–water partition coefficient (Wildman–Crippen LogP) is 2.40. The minimum absolute atomic E-state index is 0.0547. The first-order valence-electron chi connectivity index (χ1n) is 7.24. The first-order valence-corrected chi connectivity index (χ1v) is 8.73. The van der Waals surface area contributed by atoms with Gasteiger partial charge in [0.25, 0.3) is 0 Å². The van der Waals surface area contributed by atoms with E-state index in [1.165, 1.54) is 24.3 Å². The van der Waals surface area contributed by atoms with Crippen LogP contribution >= 0.6 is 0 Å². The van der Waals surface area contributed by atoms with E-state index in [0.717, 1.165) is 0 Å². The molecular weight excluding hydrogens is 394 g/mol. The van der Waals surface area contributed by atoms with Crippen molar-refractivity contribution in [2.45, 2.75) is 11.1 Å². The Balaban J connectivity index is 0.000000445. The maximum absolute atomic E-state index is 13.3. The topological polar surface area (TPSA) is 104 Å². The fraction of sp³-hybridized carbons (Fsp3) is 0.188. The van der Waals surface area contributed by atoms with Crippen LogP contribution in [0.2, 0.25) is 0 Å². The number of nitrogens with one attached hydrogen (secondary N) is 1. The van der Waals surface area contributed by atoms with Gasteiger partial charge in [0.15, 0.2) is 0 Å². The summed E-state index contributed by atoms with van der Waals surface area (Å²) in [5.74, 6) is -3.19. The molecule has 0 radical (unpaired) electrons. The third kappa shape index (κ3) is 6.96. The molecule has 0 saturated heterocycles. The summed E-state index contributed by atoms with van der Waals surface area (Å²) in [5, 5.41) is 15.8. The Labute approximate surface area is 152 Å². The molecule has 11 heteroatoms. The molecule has 0 spiro atoms. The van der Waals surface area contributed by atoms with Crippen molar-refractivity contribution in [3.8, 4) is 11.1 Å². The van der Waals surface area contributed by atoms with Crippen molar-refractivity contribution in [2.75, 3.05) is 13.2 Å². The van der Waals surface area contributed by atoms with Gasteiger partial charge in [-0.05, 0) is 23.8 Å². The van der Waals surface area contributed by atoms with Crippen LogP contribution in [0, 0.1) is 5.82 Å². The van der Waals surface area contributed by atoms with E-state index in [-0.39, 0.29) is 18.0 Å². The normalized spacial score (nSPS) is 11.4. The number of alkyl halides is 3. The molecule has 0 aliphatic rings. The van der Waals surface area contributed by atoms with E-state index in [1.807, 2.05) is 0 Å². The van der Waals surface area contributed by atoms with Gasteiger partial charge >= 0.3 is 12.1 Å². The number of carbonyl (C=O) groups is 1. The van der Waals surface area contributed by atoms with E-state index in [9.17, 15) is 26.0 Å². The van der Waals surface area contributed by atoms with Gasteiger partial charge in [0, 0.05) is 12.1 Å². The van der Waals surface area contributed by atoms with Crippen molar-refractivity contribution in [3.63, 3.8) is 0 Å². The highest BCUT2D eigenvalue weighted by atomic mass is 32.2. The molecule has 2 aromatic rings. The maximum Gasteiger partial charge on any atom is 0.490 e. The fourth-order valence-electron chi connectivity index (χ4n) is 1.85. The second-order valence-corrected chi connectivity index (χ2v) is 6.67. The minimum atomic E-state index is -5.08. The highest BCUT2D eigenvalue weighted by Crippen LogP contribution is 2.27. The second kappa shape index (κ2) is 9.44. The van der Waals surface area contributed by atoms with Crippen molar-refractivity contribution >= 4 is 16.0 Å². The van der Waals surface area contributed by atoms with Crippen LogP contribution in [0.15, 0.2) is 53.4 Å². The molecule has 2 rings (SSSR count). The van der Waals surface area contributed by atoms with E-state index < -0.39 is 28.0 Å². The molecule has 0 aliphatic carbocycles. The molecule has 0 saturated carbocycles. The van der Waals surface area contributed by atoms with Crippen LogP contribution in [0.1, 0.15) is 0 Å². The lowest BCUT2D eigenvalue weighted by Crippen LogP contribution is -2.27. The molecule has 0 aromatic heterocycles. The van der Waals surface area contributed by atoms with Crippen LogP contribution in [0.4, 0.5) is 17.6 Å². The van der Waals surface area contributed by atoms with Gasteiger partial charge in [-0.2, -0.15) is 13.2 Å². The highest BCUT2D eigenvalue weighted by Gasteiger charge is 2.38. The SMILES string of the molecule is O=C(O)C(F)(F)F.O=S(=O)(NCCO)c1ccccc1-c1cccc(F)c1. The Morgan fingerprint density at radius 2 is 1.67 bits per heavy atom. The number of hydrogen-bond acceptors (Lipinski definition) is 4. The molecule has 0 aliphatic heterocycles. The number of rotatable bonds is 5. The van der Waals surface area contributed by atoms with Crippen molar-refractivity contribution in [3.05, 3.63) is 54.3 Å². The molecule has 148 valence electrons. The number of halogens is 4. The summed E-state index contributed by atoms with van der Waals surface area (Å²) in [7, 11) is -3.75. The molecule has 0 atom stereocenters. The van der Waals surface area contributed by atoms with E-state index in [2.05, 4.69) is 4.72 Å². The average Bonchev–Trinajstić information content (AvgIpc) is 2.60. The number of carboxylic acid groups (broad SMARTS) is 1. The number of sulfonamides is 1. The molecule has 0 amide bonds. The van der Waals surface area contributed by atoms with Crippen LogP contribution in [-0.4, -0.2) is 43.9 Å². The standard InChI is InChI=1S/C14H14FNO3S.C2HF3O2/c15-12-5-3-4-11(10-12)13-6-1-2-7-14(13)20(18,19)16-8-9-17;3-2(4,5)1(6)7/h1-7,10,16-17H,8-9H2;(H,6,7). The first kappa shape index (κ1) is 22.5. The maximum atomic E-state index is 13.3. The fourth-order valence-corrected chi connectivity index (χ4v) is 3.10. The Bertz CT molecular complexity index is 884. The van der Waals surface area contributed by atoms with Gasteiger partial charge in [-0.15, -0.1) is 0 Å². The van der Waals surface area contributed by atoms with Crippen LogP contribution in [0.3, 0.4) is 0 Å². The van der Waals surface area contributed by atoms with E-state index in [4.69, 9.17) is 15.0 Å². The number of hydrogen-bond donors (Lipinski definition) is 3. The molecule has 6 nitrogen and oxygen atoms in total. The smallest absolute Gasteiger partial charge is 0.475 e.